The van der Waals surface area contributed by atoms with Gasteiger partial charge in [-0.15, -0.1) is 0 Å². The lowest BCUT2D eigenvalue weighted by Crippen LogP contribution is -2.17. The average Bonchev–Trinajstić information content (AvgIpc) is 2.30. The van der Waals surface area contributed by atoms with Crippen LogP contribution in [-0.4, -0.2) is 25.1 Å². The molecule has 0 atom stereocenters. The molecule has 1 rings (SSSR count). The van der Waals surface area contributed by atoms with E-state index in [-0.39, 0.29) is 12.1 Å². The molecule has 0 aliphatic carbocycles. The molecule has 18 heavy (non-hydrogen) atoms. The first kappa shape index (κ1) is 14.2. The Kier molecular flexibility index (Phi) is 4.49. The Morgan fingerprint density at radius 3 is 2.67 bits per heavy atom. The highest BCUT2D eigenvalue weighted by Gasteiger charge is 2.12. The van der Waals surface area contributed by atoms with E-state index in [0.29, 0.717) is 0 Å². The van der Waals surface area contributed by atoms with Crippen LogP contribution in [0.15, 0.2) is 24.1 Å². The molecule has 0 saturated heterocycles. The molecule has 5 nitrogen and oxygen atoms in total. The zero-order valence-corrected chi connectivity index (χ0v) is 10.0. The van der Waals surface area contributed by atoms with Gasteiger partial charge in [-0.05, 0) is 12.1 Å². The summed E-state index contributed by atoms with van der Waals surface area (Å²) in [6, 6.07) is 1.87. The zero-order chi connectivity index (χ0) is 13.8. The van der Waals surface area contributed by atoms with Gasteiger partial charge in [0.05, 0.1) is 11.4 Å². The maximum atomic E-state index is 13.1. The molecule has 0 fully saturated rings. The Labute approximate surface area is 102 Å². The monoisotopic (exact) mass is 276 g/mol. The van der Waals surface area contributed by atoms with Gasteiger partial charge in [0.2, 0.25) is 17.8 Å². The number of rotatable bonds is 5. The fourth-order valence-corrected chi connectivity index (χ4v) is 1.67. The molecule has 1 aromatic rings. The molecule has 0 saturated carbocycles. The van der Waals surface area contributed by atoms with Crippen LogP contribution in [0.2, 0.25) is 0 Å². The number of pyridine rings is 1. The Hall–Kier alpha value is -1.83. The molecule has 0 spiro atoms. The van der Waals surface area contributed by atoms with Crippen molar-refractivity contribution in [2.24, 2.45) is 0 Å². The molecule has 0 aliphatic heterocycles. The lowest BCUT2D eigenvalue weighted by Gasteiger charge is -2.05. The van der Waals surface area contributed by atoms with Crippen LogP contribution < -0.4 is 5.32 Å². The number of carbonyl (C=O) groups excluding carboxylic acids is 1. The van der Waals surface area contributed by atoms with Crippen molar-refractivity contribution in [3.8, 4) is 0 Å². The quantitative estimate of drug-likeness (QED) is 0.821. The Morgan fingerprint density at radius 1 is 1.44 bits per heavy atom. The third-order valence-corrected chi connectivity index (χ3v) is 3.24. The highest BCUT2D eigenvalue weighted by Crippen LogP contribution is 2.12. The minimum absolute atomic E-state index is 0.308. The first-order valence-corrected chi connectivity index (χ1v) is 6.52. The molecule has 1 aromatic heterocycles. The normalized spacial score (nSPS) is 11.0. The molecule has 0 unspecified atom stereocenters. The van der Waals surface area contributed by atoms with Crippen LogP contribution in [0.1, 0.15) is 6.42 Å². The highest BCUT2D eigenvalue weighted by atomic mass is 32.2. The molecule has 98 valence electrons. The number of carbonyl (C=O) groups is 1. The predicted octanol–water partition coefficient (Wildman–Crippen LogP) is 1.25. The highest BCUT2D eigenvalue weighted by molar-refractivity contribution is 7.94. The van der Waals surface area contributed by atoms with Crippen LogP contribution in [0.5, 0.6) is 0 Å². The molecule has 8 heteroatoms. The van der Waals surface area contributed by atoms with Gasteiger partial charge in [0, 0.05) is 11.8 Å². The van der Waals surface area contributed by atoms with E-state index in [1.807, 2.05) is 0 Å². The standard InChI is InChI=1S/C10H10F2N2O3S/c1-2-18(16,17)6-5-9(15)13-7-3-4-8(11)14-10(7)12/h2-4H,1,5-6H2,(H,13,15). The molecular formula is C10H10F2N2O3S. The summed E-state index contributed by atoms with van der Waals surface area (Å²) < 4.78 is 47.6. The average molecular weight is 276 g/mol. The van der Waals surface area contributed by atoms with Gasteiger partial charge in [-0.1, -0.05) is 6.58 Å². The van der Waals surface area contributed by atoms with Gasteiger partial charge in [-0.3, -0.25) is 4.79 Å². The van der Waals surface area contributed by atoms with Gasteiger partial charge >= 0.3 is 0 Å². The number of aromatic nitrogens is 1. The summed E-state index contributed by atoms with van der Waals surface area (Å²) in [7, 11) is -3.49. The third kappa shape index (κ3) is 4.21. The van der Waals surface area contributed by atoms with E-state index in [9.17, 15) is 22.0 Å². The molecule has 0 radical (unpaired) electrons. The van der Waals surface area contributed by atoms with Crippen LogP contribution in [0.4, 0.5) is 14.5 Å². The fourth-order valence-electron chi connectivity index (χ4n) is 1.04. The lowest BCUT2D eigenvalue weighted by atomic mass is 10.3. The first-order chi connectivity index (χ1) is 8.34. The van der Waals surface area contributed by atoms with E-state index < -0.39 is 33.4 Å². The van der Waals surface area contributed by atoms with Crippen molar-refractivity contribution in [1.82, 2.24) is 4.98 Å². The second kappa shape index (κ2) is 5.67. The summed E-state index contributed by atoms with van der Waals surface area (Å²) >= 11 is 0. The number of anilines is 1. The Morgan fingerprint density at radius 2 is 2.11 bits per heavy atom. The van der Waals surface area contributed by atoms with E-state index in [1.165, 1.54) is 0 Å². The van der Waals surface area contributed by atoms with Crippen LogP contribution in [0.25, 0.3) is 0 Å². The summed E-state index contributed by atoms with van der Waals surface area (Å²) in [5, 5.41) is 2.83. The second-order valence-corrected chi connectivity index (χ2v) is 5.37. The maximum absolute atomic E-state index is 13.1. The minimum atomic E-state index is -3.49. The van der Waals surface area contributed by atoms with E-state index in [1.54, 1.807) is 0 Å². The summed E-state index contributed by atoms with van der Waals surface area (Å²) in [4.78, 5) is 14.2. The van der Waals surface area contributed by atoms with E-state index in [2.05, 4.69) is 16.9 Å². The molecular weight excluding hydrogens is 266 g/mol. The fraction of sp³-hybridized carbons (Fsp3) is 0.200. The number of nitrogens with one attached hydrogen (secondary N) is 1. The van der Waals surface area contributed by atoms with E-state index in [0.717, 1.165) is 17.5 Å². The Bertz CT molecular complexity index is 572. The number of halogens is 2. The minimum Gasteiger partial charge on any atom is -0.322 e. The van der Waals surface area contributed by atoms with Crippen LogP contribution in [0.3, 0.4) is 0 Å². The first-order valence-electron chi connectivity index (χ1n) is 4.81. The number of nitrogens with zero attached hydrogens (tertiary/aromatic N) is 1. The van der Waals surface area contributed by atoms with Crippen LogP contribution in [-0.2, 0) is 14.6 Å². The number of hydrogen-bond acceptors (Lipinski definition) is 4. The summed E-state index contributed by atoms with van der Waals surface area (Å²) in [5.41, 5.74) is -0.308. The van der Waals surface area contributed by atoms with Crippen molar-refractivity contribution in [2.45, 2.75) is 6.42 Å². The molecule has 1 amide bonds. The number of amides is 1. The van der Waals surface area contributed by atoms with Crippen LogP contribution >= 0.6 is 0 Å². The van der Waals surface area contributed by atoms with Crippen molar-refractivity contribution in [3.05, 3.63) is 36.0 Å². The maximum Gasteiger partial charge on any atom is 0.239 e. The van der Waals surface area contributed by atoms with Crippen molar-refractivity contribution >= 4 is 21.4 Å². The smallest absolute Gasteiger partial charge is 0.239 e. The molecule has 0 aliphatic rings. The van der Waals surface area contributed by atoms with E-state index in [4.69, 9.17) is 0 Å². The molecule has 0 bridgehead atoms. The summed E-state index contributed by atoms with van der Waals surface area (Å²) in [6.07, 6.45) is -0.356. The SMILES string of the molecule is C=CS(=O)(=O)CCC(=O)Nc1ccc(F)nc1F. The molecule has 0 aromatic carbocycles. The molecule has 1 heterocycles. The van der Waals surface area contributed by atoms with Crippen LogP contribution in [0, 0.1) is 11.9 Å². The number of hydrogen-bond donors (Lipinski definition) is 1. The molecule has 1 N–H and O–H groups in total. The van der Waals surface area contributed by atoms with Crippen molar-refractivity contribution in [3.63, 3.8) is 0 Å². The third-order valence-electron chi connectivity index (χ3n) is 1.96. The Balaban J connectivity index is 2.63. The predicted molar refractivity (Wildman–Crippen MR) is 61.4 cm³/mol. The van der Waals surface area contributed by atoms with Gasteiger partial charge in [0.15, 0.2) is 9.84 Å². The van der Waals surface area contributed by atoms with Gasteiger partial charge in [-0.25, -0.2) is 8.42 Å². The van der Waals surface area contributed by atoms with Gasteiger partial charge in [0.25, 0.3) is 0 Å². The number of sulfone groups is 1. The van der Waals surface area contributed by atoms with Crippen molar-refractivity contribution in [2.75, 3.05) is 11.1 Å². The lowest BCUT2D eigenvalue weighted by molar-refractivity contribution is -0.115. The largest absolute Gasteiger partial charge is 0.322 e. The topological polar surface area (TPSA) is 76.1 Å². The van der Waals surface area contributed by atoms with Crippen molar-refractivity contribution in [1.29, 1.82) is 0 Å². The zero-order valence-electron chi connectivity index (χ0n) is 9.19. The summed E-state index contributed by atoms with van der Waals surface area (Å²) in [5.74, 6) is -3.33. The van der Waals surface area contributed by atoms with Gasteiger partial charge in [-0.2, -0.15) is 13.8 Å². The van der Waals surface area contributed by atoms with E-state index >= 15 is 0 Å². The summed E-state index contributed by atoms with van der Waals surface area (Å²) in [6.45, 7) is 3.09. The van der Waals surface area contributed by atoms with Gasteiger partial charge in [0.1, 0.15) is 0 Å². The van der Waals surface area contributed by atoms with Gasteiger partial charge < -0.3 is 5.32 Å². The van der Waals surface area contributed by atoms with Crippen molar-refractivity contribution < 1.29 is 22.0 Å². The second-order valence-electron chi connectivity index (χ2n) is 3.30.